The fourth-order valence-electron chi connectivity index (χ4n) is 3.00. The van der Waals surface area contributed by atoms with Crippen molar-refractivity contribution in [2.24, 2.45) is 0 Å². The summed E-state index contributed by atoms with van der Waals surface area (Å²) in [5.41, 5.74) is 8.23. The van der Waals surface area contributed by atoms with Crippen molar-refractivity contribution < 1.29 is 13.6 Å². The van der Waals surface area contributed by atoms with Gasteiger partial charge in [-0.05, 0) is 58.6 Å². The Balaban J connectivity index is 0.000000162. The Bertz CT molecular complexity index is 824. The second-order valence-corrected chi connectivity index (χ2v) is 7.25. The predicted octanol–water partition coefficient (Wildman–Crippen LogP) is 4.66. The van der Waals surface area contributed by atoms with Crippen molar-refractivity contribution in [2.45, 2.75) is 29.6 Å². The number of nitrogens with one attached hydrogen (secondary N) is 1. The highest BCUT2D eigenvalue weighted by atomic mass is 79.9. The maximum atomic E-state index is 12.3. The van der Waals surface area contributed by atoms with Gasteiger partial charge in [0.15, 0.2) is 0 Å². The normalized spacial score (nSPS) is 16.8. The first-order valence-corrected chi connectivity index (χ1v) is 8.62. The van der Waals surface area contributed by atoms with E-state index < -0.39 is 11.6 Å². The van der Waals surface area contributed by atoms with E-state index in [4.69, 9.17) is 5.73 Å². The van der Waals surface area contributed by atoms with Crippen molar-refractivity contribution >= 4 is 45.8 Å². The van der Waals surface area contributed by atoms with Gasteiger partial charge >= 0.3 is 0 Å². The van der Waals surface area contributed by atoms with Gasteiger partial charge < -0.3 is 11.1 Å². The van der Waals surface area contributed by atoms with Gasteiger partial charge in [0.1, 0.15) is 11.6 Å². The topological polar surface area (TPSA) is 55.1 Å². The third kappa shape index (κ3) is 2.91. The van der Waals surface area contributed by atoms with Crippen molar-refractivity contribution in [1.82, 2.24) is 0 Å². The molecule has 0 unspecified atom stereocenters. The van der Waals surface area contributed by atoms with Gasteiger partial charge in [0.05, 0.1) is 11.1 Å². The van der Waals surface area contributed by atoms with Gasteiger partial charge in [-0.25, -0.2) is 8.78 Å². The summed E-state index contributed by atoms with van der Waals surface area (Å²) in [5, 5.41) is 2.94. The van der Waals surface area contributed by atoms with E-state index in [2.05, 4.69) is 33.9 Å². The average Bonchev–Trinajstić information content (AvgIpc) is 2.76. The van der Waals surface area contributed by atoms with Crippen molar-refractivity contribution in [3.63, 3.8) is 0 Å². The number of rotatable bonds is 0. The molecule has 1 aliphatic carbocycles. The van der Waals surface area contributed by atoms with E-state index in [0.717, 1.165) is 47.1 Å². The molecule has 1 fully saturated rings. The molecule has 0 bridgehead atoms. The monoisotopic (exact) mass is 412 g/mol. The summed E-state index contributed by atoms with van der Waals surface area (Å²) >= 11 is 7.14. The lowest BCUT2D eigenvalue weighted by Crippen LogP contribution is -2.40. The standard InChI is InChI=1S/C11H11BrN2O.C6H4F2S/c12-8-5-6(13)4-7-9(8)14-10(15)11(7)2-1-3-11;7-4-1-2-6(9)5(8)3-4/h4-5H,1-3,13H2,(H,14,15);1-3,9H. The molecule has 1 spiro atoms. The first kappa shape index (κ1) is 17.2. The van der Waals surface area contributed by atoms with Crippen molar-refractivity contribution in [2.75, 3.05) is 11.1 Å². The zero-order valence-corrected chi connectivity index (χ0v) is 15.1. The van der Waals surface area contributed by atoms with Gasteiger partial charge in [-0.1, -0.05) is 6.42 Å². The van der Waals surface area contributed by atoms with Crippen LogP contribution in [0.3, 0.4) is 0 Å². The maximum Gasteiger partial charge on any atom is 0.235 e. The van der Waals surface area contributed by atoms with Gasteiger partial charge in [-0.15, -0.1) is 12.6 Å². The van der Waals surface area contributed by atoms with Crippen LogP contribution in [0.4, 0.5) is 20.2 Å². The summed E-state index contributed by atoms with van der Waals surface area (Å²) in [4.78, 5) is 12.1. The van der Waals surface area contributed by atoms with E-state index in [0.29, 0.717) is 5.69 Å². The molecule has 1 aliphatic heterocycles. The number of carbonyl (C=O) groups is 1. The van der Waals surface area contributed by atoms with E-state index in [9.17, 15) is 13.6 Å². The zero-order valence-electron chi connectivity index (χ0n) is 12.6. The minimum atomic E-state index is -0.627. The van der Waals surface area contributed by atoms with Gasteiger partial charge in [-0.2, -0.15) is 0 Å². The summed E-state index contributed by atoms with van der Waals surface area (Å²) in [6, 6.07) is 6.98. The van der Waals surface area contributed by atoms with Crippen LogP contribution < -0.4 is 11.1 Å². The molecule has 0 saturated heterocycles. The number of amides is 1. The van der Waals surface area contributed by atoms with Crippen LogP contribution in [-0.4, -0.2) is 5.91 Å². The second-order valence-electron chi connectivity index (χ2n) is 5.91. The molecule has 24 heavy (non-hydrogen) atoms. The number of hydrogen-bond donors (Lipinski definition) is 3. The first-order chi connectivity index (χ1) is 11.3. The molecule has 1 amide bonds. The number of nitrogens with two attached hydrogens (primary N) is 1. The smallest absolute Gasteiger partial charge is 0.235 e. The number of fused-ring (bicyclic) bond motifs is 2. The van der Waals surface area contributed by atoms with Crippen LogP contribution in [0.5, 0.6) is 0 Å². The SMILES string of the molecule is Fc1ccc(S)c(F)c1.Nc1cc(Br)c2c(c1)C1(CCC1)C(=O)N2. The summed E-state index contributed by atoms with van der Waals surface area (Å²) < 4.78 is 25.2. The van der Waals surface area contributed by atoms with Crippen LogP contribution >= 0.6 is 28.6 Å². The summed E-state index contributed by atoms with van der Waals surface area (Å²) in [6.45, 7) is 0. The molecule has 0 atom stereocenters. The molecular formula is C17H15BrF2N2OS. The third-order valence-corrected chi connectivity index (χ3v) is 5.41. The van der Waals surface area contributed by atoms with Crippen LogP contribution in [0.25, 0.3) is 0 Å². The largest absolute Gasteiger partial charge is 0.399 e. The molecule has 3 nitrogen and oxygen atoms in total. The predicted molar refractivity (Wildman–Crippen MR) is 96.3 cm³/mol. The molecule has 2 aromatic rings. The quantitative estimate of drug-likeness (QED) is 0.435. The highest BCUT2D eigenvalue weighted by molar-refractivity contribution is 9.10. The Morgan fingerprint density at radius 3 is 2.46 bits per heavy atom. The van der Waals surface area contributed by atoms with Gasteiger partial charge in [0.25, 0.3) is 0 Å². The molecule has 1 saturated carbocycles. The Kier molecular flexibility index (Phi) is 4.57. The van der Waals surface area contributed by atoms with Crippen LogP contribution in [0.1, 0.15) is 24.8 Å². The van der Waals surface area contributed by atoms with E-state index in [1.807, 2.05) is 12.1 Å². The molecule has 0 aromatic heterocycles. The molecule has 7 heteroatoms. The van der Waals surface area contributed by atoms with Crippen LogP contribution in [-0.2, 0) is 10.2 Å². The molecule has 3 N–H and O–H groups in total. The zero-order chi connectivity index (χ0) is 17.5. The van der Waals surface area contributed by atoms with E-state index in [1.54, 1.807) is 0 Å². The fraction of sp³-hybridized carbons (Fsp3) is 0.235. The highest BCUT2D eigenvalue weighted by Gasteiger charge is 2.51. The third-order valence-electron chi connectivity index (χ3n) is 4.42. The van der Waals surface area contributed by atoms with Crippen molar-refractivity contribution in [1.29, 1.82) is 0 Å². The number of nitrogen functional groups attached to an aromatic ring is 1. The Morgan fingerprint density at radius 2 is 1.92 bits per heavy atom. The van der Waals surface area contributed by atoms with Gasteiger partial charge in [0, 0.05) is 21.1 Å². The number of hydrogen-bond acceptors (Lipinski definition) is 3. The fourth-order valence-corrected chi connectivity index (χ4v) is 3.71. The summed E-state index contributed by atoms with van der Waals surface area (Å²) in [5.74, 6) is -1.07. The highest BCUT2D eigenvalue weighted by Crippen LogP contribution is 2.53. The van der Waals surface area contributed by atoms with Crippen molar-refractivity contribution in [3.05, 3.63) is 52.0 Å². The number of anilines is 2. The molecule has 2 aromatic carbocycles. The number of halogens is 3. The number of carbonyl (C=O) groups excluding carboxylic acids is 1. The average molecular weight is 413 g/mol. The van der Waals surface area contributed by atoms with Gasteiger partial charge in [-0.3, -0.25) is 4.79 Å². The lowest BCUT2D eigenvalue weighted by Gasteiger charge is -2.36. The lowest BCUT2D eigenvalue weighted by molar-refractivity contribution is -0.123. The molecule has 126 valence electrons. The lowest BCUT2D eigenvalue weighted by atomic mass is 9.65. The Morgan fingerprint density at radius 1 is 1.21 bits per heavy atom. The molecule has 0 radical (unpaired) electrons. The molecule has 4 rings (SSSR count). The first-order valence-electron chi connectivity index (χ1n) is 7.38. The minimum Gasteiger partial charge on any atom is -0.399 e. The van der Waals surface area contributed by atoms with Crippen LogP contribution in [0.15, 0.2) is 39.7 Å². The van der Waals surface area contributed by atoms with Crippen molar-refractivity contribution in [3.8, 4) is 0 Å². The molecule has 1 heterocycles. The maximum absolute atomic E-state index is 12.3. The number of benzene rings is 2. The van der Waals surface area contributed by atoms with E-state index in [-0.39, 0.29) is 16.2 Å². The minimum absolute atomic E-state index is 0.134. The summed E-state index contributed by atoms with van der Waals surface area (Å²) in [7, 11) is 0. The van der Waals surface area contributed by atoms with Gasteiger partial charge in [0.2, 0.25) is 5.91 Å². The van der Waals surface area contributed by atoms with E-state index in [1.165, 1.54) is 6.07 Å². The Hall–Kier alpha value is -1.60. The van der Waals surface area contributed by atoms with Crippen LogP contribution in [0.2, 0.25) is 0 Å². The second kappa shape index (κ2) is 6.37. The Labute approximate surface area is 152 Å². The molecular weight excluding hydrogens is 398 g/mol. The van der Waals surface area contributed by atoms with Crippen LogP contribution in [0, 0.1) is 11.6 Å². The molecule has 2 aliphatic rings. The number of thiol groups is 1. The van der Waals surface area contributed by atoms with E-state index >= 15 is 0 Å². The summed E-state index contributed by atoms with van der Waals surface area (Å²) in [6.07, 6.45) is 3.02.